The lowest BCUT2D eigenvalue weighted by molar-refractivity contribution is 0.0859. The summed E-state index contributed by atoms with van der Waals surface area (Å²) in [4.78, 5) is 2.70. The van der Waals surface area contributed by atoms with Gasteiger partial charge in [0, 0.05) is 32.2 Å². The van der Waals surface area contributed by atoms with E-state index >= 15 is 0 Å². The maximum Gasteiger partial charge on any atom is 0.119 e. The minimum atomic E-state index is 0.713. The average molecular weight is 288 g/mol. The molecule has 0 radical (unpaired) electrons. The number of ether oxygens (including phenoxy) is 1. The lowest BCUT2D eigenvalue weighted by Gasteiger charge is -2.42. The highest BCUT2D eigenvalue weighted by atomic mass is 16.5. The number of benzene rings is 1. The predicted molar refractivity (Wildman–Crippen MR) is 86.6 cm³/mol. The molecule has 1 aliphatic carbocycles. The minimum absolute atomic E-state index is 0.713. The zero-order chi connectivity index (χ0) is 14.5. The fourth-order valence-corrected chi connectivity index (χ4v) is 3.95. The van der Waals surface area contributed by atoms with Crippen LogP contribution in [0.25, 0.3) is 0 Å². The molecule has 2 fully saturated rings. The summed E-state index contributed by atoms with van der Waals surface area (Å²) < 4.78 is 5.36. The number of rotatable bonds is 4. The van der Waals surface area contributed by atoms with E-state index < -0.39 is 0 Å². The Morgan fingerprint density at radius 1 is 1.24 bits per heavy atom. The second kappa shape index (κ2) is 7.28. The van der Waals surface area contributed by atoms with Crippen molar-refractivity contribution in [2.24, 2.45) is 5.92 Å². The third-order valence-corrected chi connectivity index (χ3v) is 5.11. The molecule has 0 aromatic heterocycles. The van der Waals surface area contributed by atoms with Gasteiger partial charge in [0.25, 0.3) is 0 Å². The summed E-state index contributed by atoms with van der Waals surface area (Å²) in [5, 5.41) is 3.60. The van der Waals surface area contributed by atoms with Gasteiger partial charge in [-0.3, -0.25) is 4.90 Å². The summed E-state index contributed by atoms with van der Waals surface area (Å²) in [6.45, 7) is 4.50. The Balaban J connectivity index is 1.68. The Morgan fingerprint density at radius 2 is 2.10 bits per heavy atom. The normalized spacial score (nSPS) is 24.9. The molecule has 1 aromatic carbocycles. The van der Waals surface area contributed by atoms with Gasteiger partial charge in [0.1, 0.15) is 5.75 Å². The summed E-state index contributed by atoms with van der Waals surface area (Å²) in [5.74, 6) is 1.86. The molecule has 1 heterocycles. The predicted octanol–water partition coefficient (Wildman–Crippen LogP) is 3.05. The Morgan fingerprint density at radius 3 is 2.90 bits per heavy atom. The first-order valence-electron chi connectivity index (χ1n) is 8.44. The molecule has 3 heteroatoms. The van der Waals surface area contributed by atoms with Gasteiger partial charge in [0.15, 0.2) is 0 Å². The van der Waals surface area contributed by atoms with Crippen LogP contribution in [0.3, 0.4) is 0 Å². The summed E-state index contributed by atoms with van der Waals surface area (Å²) >= 11 is 0. The van der Waals surface area contributed by atoms with Crippen molar-refractivity contribution in [3.8, 4) is 5.75 Å². The van der Waals surface area contributed by atoms with E-state index in [0.717, 1.165) is 31.3 Å². The maximum atomic E-state index is 5.36. The number of methoxy groups -OCH3 is 1. The van der Waals surface area contributed by atoms with Gasteiger partial charge in [-0.1, -0.05) is 31.4 Å². The number of hydrogen-bond acceptors (Lipinski definition) is 3. The van der Waals surface area contributed by atoms with Crippen molar-refractivity contribution < 1.29 is 4.74 Å². The number of nitrogens with zero attached hydrogens (tertiary/aromatic N) is 1. The third kappa shape index (κ3) is 3.78. The van der Waals surface area contributed by atoms with Gasteiger partial charge in [-0.05, 0) is 36.5 Å². The Hall–Kier alpha value is -1.06. The molecule has 1 aliphatic heterocycles. The van der Waals surface area contributed by atoms with Crippen LogP contribution >= 0.6 is 0 Å². The van der Waals surface area contributed by atoms with Gasteiger partial charge in [0.05, 0.1) is 7.11 Å². The molecule has 0 bridgehead atoms. The molecule has 1 aromatic rings. The topological polar surface area (TPSA) is 24.5 Å². The molecule has 0 amide bonds. The first-order chi connectivity index (χ1) is 10.4. The lowest BCUT2D eigenvalue weighted by Crippen LogP contribution is -2.54. The van der Waals surface area contributed by atoms with Crippen molar-refractivity contribution in [3.05, 3.63) is 29.8 Å². The first kappa shape index (κ1) is 14.9. The monoisotopic (exact) mass is 288 g/mol. The molecule has 1 saturated carbocycles. The van der Waals surface area contributed by atoms with E-state index in [2.05, 4.69) is 28.4 Å². The third-order valence-electron chi connectivity index (χ3n) is 5.11. The van der Waals surface area contributed by atoms with Gasteiger partial charge in [-0.2, -0.15) is 0 Å². The molecular formula is C18H28N2O. The largest absolute Gasteiger partial charge is 0.497 e. The number of piperazine rings is 1. The molecule has 2 aliphatic rings. The van der Waals surface area contributed by atoms with Gasteiger partial charge in [-0.15, -0.1) is 0 Å². The summed E-state index contributed by atoms with van der Waals surface area (Å²) in [5.41, 5.74) is 1.37. The van der Waals surface area contributed by atoms with E-state index in [1.165, 1.54) is 44.2 Å². The van der Waals surface area contributed by atoms with Crippen LogP contribution in [0.5, 0.6) is 5.75 Å². The molecule has 1 unspecified atom stereocenters. The smallest absolute Gasteiger partial charge is 0.119 e. The summed E-state index contributed by atoms with van der Waals surface area (Å²) in [7, 11) is 1.74. The van der Waals surface area contributed by atoms with Crippen LogP contribution in [0.4, 0.5) is 0 Å². The van der Waals surface area contributed by atoms with Crippen LogP contribution in [0.2, 0.25) is 0 Å². The van der Waals surface area contributed by atoms with Gasteiger partial charge < -0.3 is 10.1 Å². The van der Waals surface area contributed by atoms with E-state index in [1.807, 2.05) is 6.07 Å². The average Bonchev–Trinajstić information content (AvgIpc) is 2.56. The Bertz CT molecular complexity index is 443. The van der Waals surface area contributed by atoms with E-state index in [-0.39, 0.29) is 0 Å². The van der Waals surface area contributed by atoms with Gasteiger partial charge >= 0.3 is 0 Å². The molecule has 1 N–H and O–H groups in total. The number of hydrogen-bond donors (Lipinski definition) is 1. The van der Waals surface area contributed by atoms with Crippen LogP contribution in [0, 0.1) is 5.92 Å². The summed E-state index contributed by atoms with van der Waals surface area (Å²) in [6, 6.07) is 9.25. The van der Waals surface area contributed by atoms with E-state index in [0.29, 0.717) is 6.04 Å². The summed E-state index contributed by atoms with van der Waals surface area (Å²) in [6.07, 6.45) is 7.12. The molecule has 3 rings (SSSR count). The van der Waals surface area contributed by atoms with Crippen molar-refractivity contribution in [2.45, 2.75) is 44.7 Å². The highest BCUT2D eigenvalue weighted by Crippen LogP contribution is 2.30. The zero-order valence-electron chi connectivity index (χ0n) is 13.2. The van der Waals surface area contributed by atoms with E-state index in [9.17, 15) is 0 Å². The van der Waals surface area contributed by atoms with Crippen LogP contribution in [0.15, 0.2) is 24.3 Å². The van der Waals surface area contributed by atoms with Gasteiger partial charge in [0.2, 0.25) is 0 Å². The maximum absolute atomic E-state index is 5.36. The zero-order valence-corrected chi connectivity index (χ0v) is 13.2. The Kier molecular flexibility index (Phi) is 5.15. The van der Waals surface area contributed by atoms with Crippen molar-refractivity contribution in [1.29, 1.82) is 0 Å². The Labute approximate surface area is 128 Å². The number of nitrogens with one attached hydrogen (secondary N) is 1. The highest BCUT2D eigenvalue weighted by Gasteiger charge is 2.30. The van der Waals surface area contributed by atoms with Crippen LogP contribution in [0.1, 0.15) is 37.7 Å². The van der Waals surface area contributed by atoms with E-state index in [1.54, 1.807) is 7.11 Å². The van der Waals surface area contributed by atoms with Crippen molar-refractivity contribution in [3.63, 3.8) is 0 Å². The fraction of sp³-hybridized carbons (Fsp3) is 0.667. The molecular weight excluding hydrogens is 260 g/mol. The molecule has 3 nitrogen and oxygen atoms in total. The molecule has 0 spiro atoms. The van der Waals surface area contributed by atoms with Crippen LogP contribution < -0.4 is 10.1 Å². The van der Waals surface area contributed by atoms with Crippen molar-refractivity contribution in [2.75, 3.05) is 26.7 Å². The molecule has 116 valence electrons. The highest BCUT2D eigenvalue weighted by molar-refractivity contribution is 5.28. The van der Waals surface area contributed by atoms with E-state index in [4.69, 9.17) is 4.74 Å². The standard InChI is InChI=1S/C18H28N2O/c1-21-17-9-5-6-15(12-17)14-20-11-10-19-13-18(20)16-7-3-2-4-8-16/h5-6,9,12,16,18-19H,2-4,7-8,10-11,13-14H2,1H3. The second-order valence-electron chi connectivity index (χ2n) is 6.49. The van der Waals surface area contributed by atoms with Crippen molar-refractivity contribution in [1.82, 2.24) is 10.2 Å². The molecule has 21 heavy (non-hydrogen) atoms. The lowest BCUT2D eigenvalue weighted by atomic mass is 9.82. The minimum Gasteiger partial charge on any atom is -0.497 e. The first-order valence-corrected chi connectivity index (χ1v) is 8.44. The molecule has 1 atom stereocenters. The SMILES string of the molecule is COc1cccc(CN2CCNCC2C2CCCCC2)c1. The fourth-order valence-electron chi connectivity index (χ4n) is 3.95. The second-order valence-corrected chi connectivity index (χ2v) is 6.49. The van der Waals surface area contributed by atoms with Gasteiger partial charge in [-0.25, -0.2) is 0 Å². The van der Waals surface area contributed by atoms with Crippen LogP contribution in [-0.4, -0.2) is 37.7 Å². The van der Waals surface area contributed by atoms with Crippen LogP contribution in [-0.2, 0) is 6.54 Å². The molecule has 1 saturated heterocycles. The van der Waals surface area contributed by atoms with Crippen molar-refractivity contribution >= 4 is 0 Å². The quantitative estimate of drug-likeness (QED) is 0.921.